The molecule has 3 heterocycles. The second-order valence-electron chi connectivity index (χ2n) is 7.08. The van der Waals surface area contributed by atoms with Gasteiger partial charge in [-0.3, -0.25) is 0 Å². The van der Waals surface area contributed by atoms with E-state index in [1.165, 1.54) is 0 Å². The number of aromatic nitrogens is 3. The van der Waals surface area contributed by atoms with Crippen molar-refractivity contribution in [2.75, 3.05) is 18.0 Å². The first kappa shape index (κ1) is 19.4. The molecule has 0 bridgehead atoms. The van der Waals surface area contributed by atoms with Gasteiger partial charge in [0.25, 0.3) is 6.01 Å². The maximum absolute atomic E-state index is 5.88. The molecule has 8 heteroatoms. The van der Waals surface area contributed by atoms with Crippen molar-refractivity contribution in [3.05, 3.63) is 60.0 Å². The number of fused-ring (bicyclic) bond motifs is 1. The van der Waals surface area contributed by atoms with E-state index in [4.69, 9.17) is 14.7 Å². The highest BCUT2D eigenvalue weighted by Gasteiger charge is 2.27. The average Bonchev–Trinajstić information content (AvgIpc) is 3.41. The summed E-state index contributed by atoms with van der Waals surface area (Å²) in [5.41, 5.74) is 9.39. The average molecular weight is 412 g/mol. The van der Waals surface area contributed by atoms with E-state index in [1.807, 2.05) is 48.5 Å². The molecule has 2 aromatic heterocycles. The van der Waals surface area contributed by atoms with Crippen molar-refractivity contribution in [3.63, 3.8) is 0 Å². The number of hydrogen-bond donors (Lipinski definition) is 1. The minimum absolute atomic E-state index is 0. The maximum Gasteiger partial charge on any atom is 0.298 e. The molecule has 1 fully saturated rings. The number of rotatable bonds is 4. The van der Waals surface area contributed by atoms with Crippen LogP contribution in [0.4, 0.5) is 6.01 Å². The monoisotopic (exact) mass is 411 g/mol. The Kier molecular flexibility index (Phi) is 5.51. The predicted octanol–water partition coefficient (Wildman–Crippen LogP) is 4.14. The van der Waals surface area contributed by atoms with Crippen LogP contribution < -0.4 is 10.6 Å². The number of nitrogens with two attached hydrogens (primary N) is 1. The summed E-state index contributed by atoms with van der Waals surface area (Å²) in [7, 11) is 0. The van der Waals surface area contributed by atoms with Crippen molar-refractivity contribution >= 4 is 29.5 Å². The van der Waals surface area contributed by atoms with Gasteiger partial charge in [-0.15, -0.1) is 12.4 Å². The molecule has 7 nitrogen and oxygen atoms in total. The van der Waals surface area contributed by atoms with E-state index in [2.05, 4.69) is 20.0 Å². The highest BCUT2D eigenvalue weighted by Crippen LogP contribution is 2.31. The third kappa shape index (κ3) is 3.83. The Morgan fingerprint density at radius 3 is 2.48 bits per heavy atom. The Bertz CT molecular complexity index is 1050. The molecule has 5 rings (SSSR count). The predicted molar refractivity (Wildman–Crippen MR) is 113 cm³/mol. The summed E-state index contributed by atoms with van der Waals surface area (Å²) in [4.78, 5) is 11.4. The van der Waals surface area contributed by atoms with E-state index in [9.17, 15) is 0 Å². The zero-order valence-electron chi connectivity index (χ0n) is 15.8. The van der Waals surface area contributed by atoms with Crippen molar-refractivity contribution in [2.45, 2.75) is 25.3 Å². The molecule has 0 amide bonds. The molecule has 29 heavy (non-hydrogen) atoms. The Hall–Kier alpha value is -2.90. The summed E-state index contributed by atoms with van der Waals surface area (Å²) in [5.74, 6) is 1.58. The first-order valence-corrected chi connectivity index (χ1v) is 9.53. The molecule has 0 atom stereocenters. The number of para-hydroxylation sites is 2. The molecule has 0 aliphatic carbocycles. The van der Waals surface area contributed by atoms with E-state index in [-0.39, 0.29) is 18.3 Å². The molecule has 0 saturated carbocycles. The maximum atomic E-state index is 5.88. The van der Waals surface area contributed by atoms with Crippen LogP contribution in [0.15, 0.2) is 57.5 Å². The van der Waals surface area contributed by atoms with Crippen molar-refractivity contribution in [1.82, 2.24) is 15.1 Å². The van der Waals surface area contributed by atoms with Gasteiger partial charge in [0.05, 0.1) is 0 Å². The van der Waals surface area contributed by atoms with Crippen LogP contribution in [-0.2, 0) is 6.54 Å². The number of anilines is 1. The van der Waals surface area contributed by atoms with Crippen molar-refractivity contribution in [3.8, 4) is 11.4 Å². The van der Waals surface area contributed by atoms with Gasteiger partial charge < -0.3 is 19.6 Å². The summed E-state index contributed by atoms with van der Waals surface area (Å²) in [6.07, 6.45) is 1.85. The van der Waals surface area contributed by atoms with E-state index < -0.39 is 0 Å². The molecule has 1 aliphatic heterocycles. The summed E-state index contributed by atoms with van der Waals surface area (Å²) in [5, 5.41) is 4.16. The Morgan fingerprint density at radius 1 is 1.00 bits per heavy atom. The Morgan fingerprint density at radius 2 is 1.76 bits per heavy atom. The Balaban J connectivity index is 0.00000205. The number of oxazole rings is 1. The number of nitrogens with zero attached hydrogens (tertiary/aromatic N) is 4. The van der Waals surface area contributed by atoms with Crippen LogP contribution in [0.3, 0.4) is 0 Å². The minimum atomic E-state index is 0. The van der Waals surface area contributed by atoms with Gasteiger partial charge in [-0.25, -0.2) is 0 Å². The van der Waals surface area contributed by atoms with Gasteiger partial charge in [-0.1, -0.05) is 41.6 Å². The van der Waals surface area contributed by atoms with Gasteiger partial charge in [0.1, 0.15) is 5.52 Å². The van der Waals surface area contributed by atoms with Crippen molar-refractivity contribution in [1.29, 1.82) is 0 Å². The van der Waals surface area contributed by atoms with E-state index >= 15 is 0 Å². The molecule has 1 aliphatic rings. The summed E-state index contributed by atoms with van der Waals surface area (Å²) in [6.45, 7) is 2.22. The van der Waals surface area contributed by atoms with Crippen LogP contribution >= 0.6 is 12.4 Å². The van der Waals surface area contributed by atoms with Crippen LogP contribution in [0.25, 0.3) is 22.5 Å². The van der Waals surface area contributed by atoms with Gasteiger partial charge in [0.15, 0.2) is 5.58 Å². The van der Waals surface area contributed by atoms with Gasteiger partial charge >= 0.3 is 0 Å². The molecule has 0 spiro atoms. The zero-order chi connectivity index (χ0) is 18.9. The first-order valence-electron chi connectivity index (χ1n) is 9.53. The molecular weight excluding hydrogens is 390 g/mol. The Labute approximate surface area is 174 Å². The number of hydrogen-bond acceptors (Lipinski definition) is 7. The molecule has 2 aromatic carbocycles. The topological polar surface area (TPSA) is 94.2 Å². The lowest BCUT2D eigenvalue weighted by atomic mass is 9.97. The summed E-state index contributed by atoms with van der Waals surface area (Å²) >= 11 is 0. The molecule has 4 aromatic rings. The normalized spacial score (nSPS) is 14.9. The molecular formula is C21H22ClN5O2. The lowest BCUT2D eigenvalue weighted by Gasteiger charge is -2.28. The van der Waals surface area contributed by atoms with Crippen LogP contribution in [0.5, 0.6) is 0 Å². The first-order chi connectivity index (χ1) is 13.8. The molecule has 150 valence electrons. The van der Waals surface area contributed by atoms with Crippen LogP contribution in [0.1, 0.15) is 30.2 Å². The lowest BCUT2D eigenvalue weighted by Crippen LogP contribution is -2.33. The van der Waals surface area contributed by atoms with Crippen LogP contribution in [-0.4, -0.2) is 28.2 Å². The van der Waals surface area contributed by atoms with E-state index in [1.54, 1.807) is 0 Å². The SMILES string of the molecule is Cl.NCc1ccc(-c2noc(C3CCN(c4nc5ccccc5o4)CC3)n2)cc1. The molecule has 0 unspecified atom stereocenters. The third-order valence-corrected chi connectivity index (χ3v) is 5.29. The van der Waals surface area contributed by atoms with Crippen LogP contribution in [0, 0.1) is 0 Å². The molecule has 2 N–H and O–H groups in total. The minimum Gasteiger partial charge on any atom is -0.423 e. The second kappa shape index (κ2) is 8.23. The number of benzene rings is 2. The highest BCUT2D eigenvalue weighted by molar-refractivity contribution is 5.85. The largest absolute Gasteiger partial charge is 0.423 e. The fourth-order valence-electron chi connectivity index (χ4n) is 3.62. The summed E-state index contributed by atoms with van der Waals surface area (Å²) in [6, 6.07) is 16.5. The lowest BCUT2D eigenvalue weighted by molar-refractivity contribution is 0.326. The molecule has 1 saturated heterocycles. The zero-order valence-corrected chi connectivity index (χ0v) is 16.6. The van der Waals surface area contributed by atoms with Gasteiger partial charge in [0.2, 0.25) is 11.7 Å². The van der Waals surface area contributed by atoms with Crippen molar-refractivity contribution < 1.29 is 8.94 Å². The summed E-state index contributed by atoms with van der Waals surface area (Å²) < 4.78 is 11.4. The van der Waals surface area contributed by atoms with Crippen LogP contribution in [0.2, 0.25) is 0 Å². The quantitative estimate of drug-likeness (QED) is 0.539. The fraction of sp³-hybridized carbons (Fsp3) is 0.286. The van der Waals surface area contributed by atoms with Gasteiger partial charge in [-0.2, -0.15) is 9.97 Å². The van der Waals surface area contributed by atoms with E-state index in [0.717, 1.165) is 48.2 Å². The van der Waals surface area contributed by atoms with Gasteiger partial charge in [0, 0.05) is 31.1 Å². The fourth-order valence-corrected chi connectivity index (χ4v) is 3.62. The third-order valence-electron chi connectivity index (χ3n) is 5.29. The van der Waals surface area contributed by atoms with E-state index in [0.29, 0.717) is 24.3 Å². The molecule has 0 radical (unpaired) electrons. The van der Waals surface area contributed by atoms with Crippen molar-refractivity contribution in [2.24, 2.45) is 5.73 Å². The van der Waals surface area contributed by atoms with Gasteiger partial charge in [-0.05, 0) is 30.5 Å². The standard InChI is InChI=1S/C21H21N5O2.ClH/c22-13-14-5-7-15(8-6-14)19-24-20(28-25-19)16-9-11-26(12-10-16)21-23-17-3-1-2-4-18(17)27-21;/h1-8,16H,9-13,22H2;1H. The number of piperidine rings is 1. The number of halogens is 1. The smallest absolute Gasteiger partial charge is 0.298 e. The highest BCUT2D eigenvalue weighted by atomic mass is 35.5. The second-order valence-corrected chi connectivity index (χ2v) is 7.08.